The van der Waals surface area contributed by atoms with Crippen molar-refractivity contribution in [2.75, 3.05) is 20.0 Å². The topological polar surface area (TPSA) is 152 Å². The van der Waals surface area contributed by atoms with Gasteiger partial charge in [0.15, 0.2) is 18.6 Å². The fourth-order valence-corrected chi connectivity index (χ4v) is 3.11. The molecule has 0 bridgehead atoms. The van der Waals surface area contributed by atoms with E-state index in [2.05, 4.69) is 11.6 Å². The van der Waals surface area contributed by atoms with E-state index in [1.165, 1.54) is 16.8 Å². The Labute approximate surface area is 181 Å². The second kappa shape index (κ2) is 9.75. The molecule has 1 aromatic rings. The van der Waals surface area contributed by atoms with E-state index in [1.54, 1.807) is 19.1 Å². The average molecular weight is 450 g/mol. The molecule has 172 valence electrons. The van der Waals surface area contributed by atoms with Gasteiger partial charge < -0.3 is 23.7 Å². The van der Waals surface area contributed by atoms with Gasteiger partial charge in [0.25, 0.3) is 5.56 Å². The quantitative estimate of drug-likeness (QED) is 0.299. The number of esters is 3. The number of aryl methyl sites for hydroxylation is 1. The first kappa shape index (κ1) is 23.2. The van der Waals surface area contributed by atoms with Crippen LogP contribution in [0.4, 0.5) is 0 Å². The number of aromatic nitrogens is 2. The molecule has 1 unspecified atom stereocenters. The van der Waals surface area contributed by atoms with Crippen LogP contribution in [0.25, 0.3) is 0 Å². The van der Waals surface area contributed by atoms with Gasteiger partial charge in [0, 0.05) is 11.8 Å². The lowest BCUT2D eigenvalue weighted by molar-refractivity contribution is -0.163. The first-order valence-corrected chi connectivity index (χ1v) is 9.63. The maximum Gasteiger partial charge on any atom is 0.341 e. The summed E-state index contributed by atoms with van der Waals surface area (Å²) in [7, 11) is 0. The number of nitrogens with zero attached hydrogens (tertiary/aromatic N) is 1. The van der Waals surface area contributed by atoms with Crippen molar-refractivity contribution >= 4 is 17.9 Å². The predicted octanol–water partition coefficient (Wildman–Crippen LogP) is -0.379. The molecule has 1 aromatic heterocycles. The monoisotopic (exact) mass is 450 g/mol. The standard InChI is InChI=1S/C20H22N2O10/c1-3-6-28-15(23)7-20(18(26)30-11-31-20)8-16(24)29-10-13-4-5-14(32-13)22-9-12(2)17(25)21-19(22)27/h3-5,9,13-14H,1,6-8,10-11H2,2H3,(H,21,25,27)/t13-,14+,20?/m0/s1. The zero-order valence-corrected chi connectivity index (χ0v) is 17.2. The van der Waals surface area contributed by atoms with Crippen LogP contribution in [0.2, 0.25) is 0 Å². The highest BCUT2D eigenvalue weighted by molar-refractivity contribution is 5.91. The molecule has 3 rings (SSSR count). The number of carbonyl (C=O) groups excluding carboxylic acids is 3. The van der Waals surface area contributed by atoms with Crippen LogP contribution in [0.5, 0.6) is 0 Å². The first-order chi connectivity index (χ1) is 15.2. The summed E-state index contributed by atoms with van der Waals surface area (Å²) in [5.41, 5.74) is -2.63. The highest BCUT2D eigenvalue weighted by Crippen LogP contribution is 2.29. The number of nitrogens with one attached hydrogen (secondary N) is 1. The van der Waals surface area contributed by atoms with Crippen LogP contribution in [-0.4, -0.2) is 59.2 Å². The van der Waals surface area contributed by atoms with Crippen molar-refractivity contribution < 1.29 is 38.1 Å². The van der Waals surface area contributed by atoms with Gasteiger partial charge in [0.2, 0.25) is 0 Å². The molecule has 32 heavy (non-hydrogen) atoms. The molecule has 1 N–H and O–H groups in total. The minimum absolute atomic E-state index is 0.0567. The molecule has 3 heterocycles. The lowest BCUT2D eigenvalue weighted by Crippen LogP contribution is -2.42. The minimum Gasteiger partial charge on any atom is -0.462 e. The molecule has 3 atom stereocenters. The molecule has 2 aliphatic rings. The summed E-state index contributed by atoms with van der Waals surface area (Å²) in [6.45, 7) is 4.30. The summed E-state index contributed by atoms with van der Waals surface area (Å²) in [5.74, 6) is -2.45. The fourth-order valence-electron chi connectivity index (χ4n) is 3.11. The van der Waals surface area contributed by atoms with Crippen molar-refractivity contribution in [2.45, 2.75) is 37.7 Å². The maximum absolute atomic E-state index is 12.3. The molecule has 0 spiro atoms. The van der Waals surface area contributed by atoms with E-state index in [1.807, 2.05) is 0 Å². The summed E-state index contributed by atoms with van der Waals surface area (Å²) in [5, 5.41) is 0. The Morgan fingerprint density at radius 1 is 1.25 bits per heavy atom. The molecular weight excluding hydrogens is 428 g/mol. The Balaban J connectivity index is 1.56. The van der Waals surface area contributed by atoms with Gasteiger partial charge in [-0.3, -0.25) is 23.9 Å². The normalized spacial score (nSPS) is 24.2. The Bertz CT molecular complexity index is 1060. The zero-order chi connectivity index (χ0) is 23.3. The van der Waals surface area contributed by atoms with Gasteiger partial charge in [-0.15, -0.1) is 0 Å². The van der Waals surface area contributed by atoms with Crippen LogP contribution in [0.1, 0.15) is 24.6 Å². The Morgan fingerprint density at radius 3 is 2.62 bits per heavy atom. The second-order valence-corrected chi connectivity index (χ2v) is 7.13. The molecule has 0 amide bonds. The van der Waals surface area contributed by atoms with Crippen molar-refractivity contribution in [3.05, 3.63) is 57.4 Å². The van der Waals surface area contributed by atoms with Crippen LogP contribution in [0, 0.1) is 6.92 Å². The smallest absolute Gasteiger partial charge is 0.341 e. The lowest BCUT2D eigenvalue weighted by atomic mass is 9.96. The summed E-state index contributed by atoms with van der Waals surface area (Å²) in [6.07, 6.45) is 3.34. The van der Waals surface area contributed by atoms with E-state index in [4.69, 9.17) is 23.7 Å². The number of hydrogen-bond acceptors (Lipinski definition) is 10. The summed E-state index contributed by atoms with van der Waals surface area (Å²) >= 11 is 0. The Hall–Kier alpha value is -3.51. The number of ether oxygens (including phenoxy) is 5. The third-order valence-corrected chi connectivity index (χ3v) is 4.75. The van der Waals surface area contributed by atoms with E-state index >= 15 is 0 Å². The molecule has 12 nitrogen and oxygen atoms in total. The van der Waals surface area contributed by atoms with Gasteiger partial charge in [-0.25, -0.2) is 9.59 Å². The molecule has 0 radical (unpaired) electrons. The van der Waals surface area contributed by atoms with E-state index in [9.17, 15) is 24.0 Å². The number of rotatable bonds is 9. The SMILES string of the molecule is C=CCOC(=O)CC1(CC(=O)OC[C@@H]2C=C[C@H](n3cc(C)c(=O)[nH]c3=O)O2)OCOC1=O. The zero-order valence-electron chi connectivity index (χ0n) is 17.2. The van der Waals surface area contributed by atoms with E-state index < -0.39 is 66.7 Å². The summed E-state index contributed by atoms with van der Waals surface area (Å²) in [6, 6.07) is 0. The molecule has 0 aliphatic carbocycles. The van der Waals surface area contributed by atoms with Gasteiger partial charge in [0.1, 0.15) is 19.3 Å². The number of hydrogen-bond donors (Lipinski definition) is 1. The van der Waals surface area contributed by atoms with Crippen LogP contribution in [0.15, 0.2) is 40.6 Å². The van der Waals surface area contributed by atoms with Crippen molar-refractivity contribution in [1.82, 2.24) is 9.55 Å². The highest BCUT2D eigenvalue weighted by Gasteiger charge is 2.50. The van der Waals surface area contributed by atoms with Gasteiger partial charge in [-0.2, -0.15) is 0 Å². The Morgan fingerprint density at radius 2 is 1.97 bits per heavy atom. The molecule has 0 saturated carbocycles. The summed E-state index contributed by atoms with van der Waals surface area (Å²) < 4.78 is 26.9. The van der Waals surface area contributed by atoms with Crippen molar-refractivity contribution in [2.24, 2.45) is 0 Å². The molecule has 0 aromatic carbocycles. The molecular formula is C20H22N2O10. The van der Waals surface area contributed by atoms with Gasteiger partial charge in [-0.1, -0.05) is 18.7 Å². The summed E-state index contributed by atoms with van der Waals surface area (Å²) in [4.78, 5) is 62.0. The van der Waals surface area contributed by atoms with Crippen LogP contribution < -0.4 is 11.2 Å². The van der Waals surface area contributed by atoms with E-state index in [0.717, 1.165) is 0 Å². The number of carbonyl (C=O) groups is 3. The van der Waals surface area contributed by atoms with Crippen molar-refractivity contribution in [3.63, 3.8) is 0 Å². The van der Waals surface area contributed by atoms with Crippen LogP contribution in [-0.2, 0) is 38.1 Å². The minimum atomic E-state index is -1.83. The average Bonchev–Trinajstić information content (AvgIpc) is 3.35. The third-order valence-electron chi connectivity index (χ3n) is 4.75. The Kier molecular flexibility index (Phi) is 7.05. The molecule has 2 aliphatic heterocycles. The first-order valence-electron chi connectivity index (χ1n) is 9.63. The second-order valence-electron chi connectivity index (χ2n) is 7.13. The maximum atomic E-state index is 12.3. The van der Waals surface area contributed by atoms with Gasteiger partial charge in [-0.05, 0) is 13.0 Å². The number of cyclic esters (lactones) is 1. The lowest BCUT2D eigenvalue weighted by Gasteiger charge is -2.22. The number of aromatic amines is 1. The molecule has 1 fully saturated rings. The fraction of sp³-hybridized carbons (Fsp3) is 0.450. The van der Waals surface area contributed by atoms with Crippen LogP contribution in [0.3, 0.4) is 0 Å². The van der Waals surface area contributed by atoms with Crippen LogP contribution >= 0.6 is 0 Å². The van der Waals surface area contributed by atoms with E-state index in [-0.39, 0.29) is 13.2 Å². The highest BCUT2D eigenvalue weighted by atomic mass is 16.7. The third kappa shape index (κ3) is 5.21. The largest absolute Gasteiger partial charge is 0.462 e. The predicted molar refractivity (Wildman–Crippen MR) is 105 cm³/mol. The van der Waals surface area contributed by atoms with E-state index in [0.29, 0.717) is 5.56 Å². The van der Waals surface area contributed by atoms with Gasteiger partial charge >= 0.3 is 23.6 Å². The molecule has 12 heteroatoms. The van der Waals surface area contributed by atoms with Crippen molar-refractivity contribution in [1.29, 1.82) is 0 Å². The van der Waals surface area contributed by atoms with Gasteiger partial charge in [0.05, 0.1) is 12.8 Å². The molecule has 1 saturated heterocycles. The van der Waals surface area contributed by atoms with Crippen molar-refractivity contribution in [3.8, 4) is 0 Å². The number of H-pyrrole nitrogens is 1.